The number of esters is 1. The molecule has 3 aromatic rings. The van der Waals surface area contributed by atoms with Gasteiger partial charge in [0.15, 0.2) is 16.3 Å². The summed E-state index contributed by atoms with van der Waals surface area (Å²) in [6.45, 7) is 7.45. The number of allylic oxidation sites excluding steroid dienone is 2. The van der Waals surface area contributed by atoms with Gasteiger partial charge in [-0.3, -0.25) is 9.36 Å². The molecule has 0 spiro atoms. The molecular weight excluding hydrogens is 464 g/mol. The van der Waals surface area contributed by atoms with E-state index in [1.54, 1.807) is 42.7 Å². The molecule has 0 radical (unpaired) electrons. The van der Waals surface area contributed by atoms with E-state index in [9.17, 15) is 14.7 Å². The number of fused-ring (bicyclic) bond motifs is 1. The first-order chi connectivity index (χ1) is 16.9. The first-order valence-electron chi connectivity index (χ1n) is 11.1. The Labute approximate surface area is 206 Å². The summed E-state index contributed by atoms with van der Waals surface area (Å²) in [5.41, 5.74) is 2.72. The van der Waals surface area contributed by atoms with Crippen molar-refractivity contribution in [3.8, 4) is 11.5 Å². The van der Waals surface area contributed by atoms with Crippen molar-refractivity contribution >= 4 is 23.4 Å². The van der Waals surface area contributed by atoms with Crippen LogP contribution in [-0.4, -0.2) is 29.4 Å². The summed E-state index contributed by atoms with van der Waals surface area (Å²) in [5.74, 6) is -0.134. The largest absolute Gasteiger partial charge is 0.504 e. The highest BCUT2D eigenvalue weighted by Gasteiger charge is 2.33. The van der Waals surface area contributed by atoms with Gasteiger partial charge >= 0.3 is 5.97 Å². The third kappa shape index (κ3) is 4.57. The average molecular weight is 491 g/mol. The molecule has 7 nitrogen and oxygen atoms in total. The van der Waals surface area contributed by atoms with E-state index < -0.39 is 12.0 Å². The lowest BCUT2D eigenvalue weighted by atomic mass is 9.96. The monoisotopic (exact) mass is 490 g/mol. The Morgan fingerprint density at radius 2 is 2.03 bits per heavy atom. The van der Waals surface area contributed by atoms with Crippen molar-refractivity contribution in [2.24, 2.45) is 4.99 Å². The molecule has 1 aliphatic heterocycles. The van der Waals surface area contributed by atoms with Crippen molar-refractivity contribution in [1.82, 2.24) is 4.57 Å². The van der Waals surface area contributed by atoms with E-state index >= 15 is 0 Å². The Morgan fingerprint density at radius 3 is 2.69 bits per heavy atom. The lowest BCUT2D eigenvalue weighted by molar-refractivity contribution is -0.139. The third-order valence-corrected chi connectivity index (χ3v) is 6.67. The Balaban J connectivity index is 1.94. The number of thiazole rings is 1. The summed E-state index contributed by atoms with van der Waals surface area (Å²) in [7, 11) is 1.48. The molecule has 0 fully saturated rings. The number of phenolic OH excluding ortho intramolecular Hbond substituents is 1. The number of ether oxygens (including phenoxy) is 2. The molecule has 0 unspecified atom stereocenters. The maximum atomic E-state index is 13.7. The van der Waals surface area contributed by atoms with E-state index in [2.05, 4.69) is 11.6 Å². The smallest absolute Gasteiger partial charge is 0.338 e. The Bertz CT molecular complexity index is 1500. The second-order valence-electron chi connectivity index (χ2n) is 7.94. The Kier molecular flexibility index (Phi) is 7.02. The number of nitrogens with zero attached hydrogens (tertiary/aromatic N) is 2. The van der Waals surface area contributed by atoms with Crippen molar-refractivity contribution in [1.29, 1.82) is 0 Å². The van der Waals surface area contributed by atoms with Gasteiger partial charge in [-0.2, -0.15) is 0 Å². The molecule has 2 aromatic carbocycles. The molecule has 8 heteroatoms. The minimum Gasteiger partial charge on any atom is -0.504 e. The molecular formula is C27H26N2O5S. The first kappa shape index (κ1) is 24.2. The minimum absolute atomic E-state index is 0.0461. The highest BCUT2D eigenvalue weighted by atomic mass is 32.1. The van der Waals surface area contributed by atoms with Crippen LogP contribution in [0.25, 0.3) is 6.08 Å². The van der Waals surface area contributed by atoms with Crippen LogP contribution in [0, 0.1) is 0 Å². The molecule has 1 N–H and O–H groups in total. The molecule has 0 saturated carbocycles. The van der Waals surface area contributed by atoms with E-state index in [1.807, 2.05) is 30.3 Å². The number of hydrogen-bond acceptors (Lipinski definition) is 7. The van der Waals surface area contributed by atoms with Crippen LogP contribution in [0.2, 0.25) is 0 Å². The number of aromatic hydroxyl groups is 1. The number of hydrogen-bond donors (Lipinski definition) is 1. The number of benzene rings is 2. The molecule has 2 heterocycles. The minimum atomic E-state index is -0.653. The predicted octanol–water partition coefficient (Wildman–Crippen LogP) is 3.24. The molecule has 4 rings (SSSR count). The van der Waals surface area contributed by atoms with E-state index in [-0.39, 0.29) is 17.9 Å². The van der Waals surface area contributed by atoms with Gasteiger partial charge in [0.1, 0.15) is 0 Å². The Hall–Kier alpha value is -3.91. The molecule has 35 heavy (non-hydrogen) atoms. The number of methoxy groups -OCH3 is 1. The molecule has 0 aliphatic carbocycles. The van der Waals surface area contributed by atoms with Crippen LogP contribution >= 0.6 is 11.3 Å². The Morgan fingerprint density at radius 1 is 1.29 bits per heavy atom. The van der Waals surface area contributed by atoms with Gasteiger partial charge in [0.05, 0.1) is 35.6 Å². The second-order valence-corrected chi connectivity index (χ2v) is 8.95. The highest BCUT2D eigenvalue weighted by Crippen LogP contribution is 2.33. The number of carbonyl (C=O) groups is 1. The fraction of sp³-hybridized carbons (Fsp3) is 0.222. The summed E-state index contributed by atoms with van der Waals surface area (Å²) in [4.78, 5) is 31.7. The fourth-order valence-corrected chi connectivity index (χ4v) is 5.18. The van der Waals surface area contributed by atoms with Gasteiger partial charge in [-0.1, -0.05) is 47.7 Å². The van der Waals surface area contributed by atoms with Crippen LogP contribution < -0.4 is 19.6 Å². The number of carbonyl (C=O) groups excluding carboxylic acids is 1. The van der Waals surface area contributed by atoms with Crippen LogP contribution in [0.4, 0.5) is 0 Å². The summed E-state index contributed by atoms with van der Waals surface area (Å²) >= 11 is 1.24. The quantitative estimate of drug-likeness (QED) is 0.406. The number of phenols is 1. The normalized spacial score (nSPS) is 15.4. The van der Waals surface area contributed by atoms with Crippen LogP contribution in [0.1, 0.15) is 36.6 Å². The average Bonchev–Trinajstić information content (AvgIpc) is 3.15. The molecule has 1 aliphatic rings. The van der Waals surface area contributed by atoms with E-state index in [1.165, 1.54) is 18.4 Å². The topological polar surface area (TPSA) is 90.1 Å². The van der Waals surface area contributed by atoms with E-state index in [4.69, 9.17) is 9.47 Å². The van der Waals surface area contributed by atoms with Gasteiger partial charge in [-0.05, 0) is 49.6 Å². The molecule has 180 valence electrons. The van der Waals surface area contributed by atoms with Gasteiger partial charge in [0.25, 0.3) is 5.56 Å². The second kappa shape index (κ2) is 10.1. The standard InChI is InChI=1S/C27H26N2O5S/c1-5-10-19-13-17(14-20(33-4)24(19)30)15-21-25(31)29-23(18-11-8-7-9-12-18)22(26(32)34-6-2)16(3)28-27(29)35-21/h5,7-9,11-15,23,30H,1,6,10H2,2-4H3/b21-15+/t23-/m0/s1. The SMILES string of the molecule is C=CCc1cc(/C=c2/sc3n(c2=O)[C@@H](c2ccccc2)C(C(=O)OCC)=C(C)N=3)cc(OC)c1O. The van der Waals surface area contributed by atoms with Crippen LogP contribution in [-0.2, 0) is 16.0 Å². The lowest BCUT2D eigenvalue weighted by Crippen LogP contribution is -2.39. The van der Waals surface area contributed by atoms with Crippen molar-refractivity contribution in [2.45, 2.75) is 26.3 Å². The first-order valence-corrected chi connectivity index (χ1v) is 12.0. The molecule has 1 atom stereocenters. The zero-order valence-corrected chi connectivity index (χ0v) is 20.6. The van der Waals surface area contributed by atoms with E-state index in [0.717, 1.165) is 5.56 Å². The van der Waals surface area contributed by atoms with Crippen molar-refractivity contribution in [2.75, 3.05) is 13.7 Å². The van der Waals surface area contributed by atoms with Crippen LogP contribution in [0.15, 0.2) is 76.2 Å². The summed E-state index contributed by atoms with van der Waals surface area (Å²) in [6.07, 6.45) is 3.87. The maximum Gasteiger partial charge on any atom is 0.338 e. The van der Waals surface area contributed by atoms with E-state index in [0.29, 0.717) is 43.9 Å². The summed E-state index contributed by atoms with van der Waals surface area (Å²) < 4.78 is 12.6. The molecule has 0 saturated heterocycles. The molecule has 1 aromatic heterocycles. The predicted molar refractivity (Wildman–Crippen MR) is 135 cm³/mol. The van der Waals surface area contributed by atoms with Gasteiger partial charge in [0.2, 0.25) is 0 Å². The zero-order chi connectivity index (χ0) is 25.1. The number of rotatable bonds is 7. The van der Waals surface area contributed by atoms with Crippen molar-refractivity contribution in [3.05, 3.63) is 103 Å². The number of aromatic nitrogens is 1. The lowest BCUT2D eigenvalue weighted by Gasteiger charge is -2.24. The van der Waals surface area contributed by atoms with Crippen LogP contribution in [0.3, 0.4) is 0 Å². The maximum absolute atomic E-state index is 13.7. The zero-order valence-electron chi connectivity index (χ0n) is 19.8. The molecule has 0 bridgehead atoms. The van der Waals surface area contributed by atoms with Crippen molar-refractivity contribution < 1.29 is 19.4 Å². The highest BCUT2D eigenvalue weighted by molar-refractivity contribution is 7.07. The summed E-state index contributed by atoms with van der Waals surface area (Å²) in [5, 5.41) is 10.4. The summed E-state index contributed by atoms with van der Waals surface area (Å²) in [6, 6.07) is 12.2. The van der Waals surface area contributed by atoms with Gasteiger partial charge in [-0.25, -0.2) is 9.79 Å². The third-order valence-electron chi connectivity index (χ3n) is 5.69. The van der Waals surface area contributed by atoms with Gasteiger partial charge < -0.3 is 14.6 Å². The van der Waals surface area contributed by atoms with Gasteiger partial charge in [0, 0.05) is 5.56 Å². The van der Waals surface area contributed by atoms with Gasteiger partial charge in [-0.15, -0.1) is 6.58 Å². The van der Waals surface area contributed by atoms with Crippen molar-refractivity contribution in [3.63, 3.8) is 0 Å². The van der Waals surface area contributed by atoms with Crippen LogP contribution in [0.5, 0.6) is 11.5 Å². The molecule has 0 amide bonds. The fourth-order valence-electron chi connectivity index (χ4n) is 4.13.